The minimum absolute atomic E-state index is 0.215. The van der Waals surface area contributed by atoms with Crippen molar-refractivity contribution in [3.63, 3.8) is 0 Å². The zero-order valence-electron chi connectivity index (χ0n) is 15.8. The second-order valence-corrected chi connectivity index (χ2v) is 7.73. The van der Waals surface area contributed by atoms with Crippen LogP contribution in [0.2, 0.25) is 0 Å². The summed E-state index contributed by atoms with van der Waals surface area (Å²) in [6, 6.07) is 7.66. The molecule has 3 rings (SSSR count). The SMILES string of the molecule is CC(C)CC(CNC(=O)N[C@@H]1c2ccccc2C[C@@H]1O)N1CCOCC1. The predicted molar refractivity (Wildman–Crippen MR) is 101 cm³/mol. The maximum atomic E-state index is 12.5. The molecule has 144 valence electrons. The molecule has 1 heterocycles. The molecule has 0 bridgehead atoms. The standard InChI is InChI=1S/C20H31N3O3/c1-14(2)11-16(23-7-9-26-10-8-23)13-21-20(25)22-19-17-6-4-3-5-15(17)12-18(19)24/h3-6,14,16,18-19,24H,7-13H2,1-2H3,(H2,21,22,25)/t16?,18-,19+/m0/s1. The number of amides is 2. The molecule has 1 unspecified atom stereocenters. The number of aliphatic hydroxyl groups excluding tert-OH is 1. The quantitative estimate of drug-likeness (QED) is 0.721. The van der Waals surface area contributed by atoms with Gasteiger partial charge in [0.15, 0.2) is 0 Å². The molecule has 0 aromatic heterocycles. The van der Waals surface area contributed by atoms with E-state index >= 15 is 0 Å². The lowest BCUT2D eigenvalue weighted by molar-refractivity contribution is 0.0129. The average molecular weight is 361 g/mol. The number of urea groups is 1. The van der Waals surface area contributed by atoms with Gasteiger partial charge in [0.05, 0.1) is 25.4 Å². The molecular weight excluding hydrogens is 330 g/mol. The van der Waals surface area contributed by atoms with Gasteiger partial charge in [-0.3, -0.25) is 4.90 Å². The van der Waals surface area contributed by atoms with Crippen LogP contribution in [0, 0.1) is 5.92 Å². The van der Waals surface area contributed by atoms with Crippen molar-refractivity contribution in [3.05, 3.63) is 35.4 Å². The molecule has 1 aliphatic heterocycles. The minimum Gasteiger partial charge on any atom is -0.390 e. The summed E-state index contributed by atoms with van der Waals surface area (Å²) >= 11 is 0. The fraction of sp³-hybridized carbons (Fsp3) is 0.650. The molecule has 6 nitrogen and oxygen atoms in total. The van der Waals surface area contributed by atoms with Crippen LogP contribution in [-0.2, 0) is 11.2 Å². The van der Waals surface area contributed by atoms with Crippen LogP contribution in [-0.4, -0.2) is 61.0 Å². The van der Waals surface area contributed by atoms with Crippen LogP contribution in [0.5, 0.6) is 0 Å². The molecule has 6 heteroatoms. The zero-order chi connectivity index (χ0) is 18.5. The first-order chi connectivity index (χ1) is 12.5. The number of rotatable bonds is 6. The van der Waals surface area contributed by atoms with Crippen molar-refractivity contribution >= 4 is 6.03 Å². The summed E-state index contributed by atoms with van der Waals surface area (Å²) in [6.07, 6.45) is 1.06. The van der Waals surface area contributed by atoms with Gasteiger partial charge in [0, 0.05) is 32.1 Å². The van der Waals surface area contributed by atoms with Gasteiger partial charge in [0.2, 0.25) is 0 Å². The summed E-state index contributed by atoms with van der Waals surface area (Å²) in [6.45, 7) is 8.36. The summed E-state index contributed by atoms with van der Waals surface area (Å²) in [5.41, 5.74) is 2.12. The van der Waals surface area contributed by atoms with Gasteiger partial charge >= 0.3 is 6.03 Å². The number of carbonyl (C=O) groups is 1. The average Bonchev–Trinajstić information content (AvgIpc) is 2.94. The molecule has 3 N–H and O–H groups in total. The second-order valence-electron chi connectivity index (χ2n) is 7.73. The molecule has 2 amide bonds. The van der Waals surface area contributed by atoms with Crippen LogP contribution in [0.25, 0.3) is 0 Å². The summed E-state index contributed by atoms with van der Waals surface area (Å²) in [4.78, 5) is 14.9. The summed E-state index contributed by atoms with van der Waals surface area (Å²) < 4.78 is 5.45. The molecular formula is C20H31N3O3. The smallest absolute Gasteiger partial charge is 0.315 e. The van der Waals surface area contributed by atoms with Gasteiger partial charge in [-0.05, 0) is 23.5 Å². The van der Waals surface area contributed by atoms with E-state index in [1.54, 1.807) is 0 Å². The zero-order valence-corrected chi connectivity index (χ0v) is 15.8. The van der Waals surface area contributed by atoms with E-state index in [1.165, 1.54) is 0 Å². The van der Waals surface area contributed by atoms with Crippen molar-refractivity contribution in [3.8, 4) is 0 Å². The highest BCUT2D eigenvalue weighted by Crippen LogP contribution is 2.31. The molecule has 26 heavy (non-hydrogen) atoms. The van der Waals surface area contributed by atoms with Gasteiger partial charge in [0.25, 0.3) is 0 Å². The number of hydrogen-bond donors (Lipinski definition) is 3. The minimum atomic E-state index is -0.566. The van der Waals surface area contributed by atoms with Gasteiger partial charge in [-0.15, -0.1) is 0 Å². The summed E-state index contributed by atoms with van der Waals surface area (Å²) in [5, 5.41) is 16.3. The van der Waals surface area contributed by atoms with Crippen molar-refractivity contribution in [1.29, 1.82) is 0 Å². The fourth-order valence-electron chi connectivity index (χ4n) is 4.00. The Morgan fingerprint density at radius 3 is 2.77 bits per heavy atom. The monoisotopic (exact) mass is 361 g/mol. The molecule has 0 spiro atoms. The highest BCUT2D eigenvalue weighted by Gasteiger charge is 2.32. The number of morpholine rings is 1. The number of nitrogens with one attached hydrogen (secondary N) is 2. The molecule has 0 radical (unpaired) electrons. The van der Waals surface area contributed by atoms with Gasteiger partial charge in [-0.25, -0.2) is 4.79 Å². The van der Waals surface area contributed by atoms with Gasteiger partial charge in [0.1, 0.15) is 0 Å². The van der Waals surface area contributed by atoms with Crippen molar-refractivity contribution in [1.82, 2.24) is 15.5 Å². The van der Waals surface area contributed by atoms with E-state index in [-0.39, 0.29) is 12.1 Å². The number of benzene rings is 1. The van der Waals surface area contributed by atoms with Crippen LogP contribution in [0.4, 0.5) is 4.79 Å². The number of carbonyl (C=O) groups excluding carboxylic acids is 1. The van der Waals surface area contributed by atoms with Crippen LogP contribution < -0.4 is 10.6 Å². The van der Waals surface area contributed by atoms with Crippen molar-refractivity contribution in [2.75, 3.05) is 32.8 Å². The Kier molecular flexibility index (Phi) is 6.51. The molecule has 1 aliphatic carbocycles. The maximum Gasteiger partial charge on any atom is 0.315 e. The van der Waals surface area contributed by atoms with Gasteiger partial charge < -0.3 is 20.5 Å². The van der Waals surface area contributed by atoms with E-state index in [2.05, 4.69) is 29.4 Å². The van der Waals surface area contributed by atoms with E-state index in [1.807, 2.05) is 24.3 Å². The Bertz CT molecular complexity index is 602. The Balaban J connectivity index is 1.55. The van der Waals surface area contributed by atoms with E-state index in [0.29, 0.717) is 24.9 Å². The van der Waals surface area contributed by atoms with Crippen molar-refractivity contribution < 1.29 is 14.6 Å². The normalized spacial score (nSPS) is 24.3. The maximum absolute atomic E-state index is 12.5. The third-order valence-corrected chi connectivity index (χ3v) is 5.29. The highest BCUT2D eigenvalue weighted by atomic mass is 16.5. The lowest BCUT2D eigenvalue weighted by Gasteiger charge is -2.35. The number of fused-ring (bicyclic) bond motifs is 1. The molecule has 1 saturated heterocycles. The number of ether oxygens (including phenoxy) is 1. The first-order valence-corrected chi connectivity index (χ1v) is 9.66. The third kappa shape index (κ3) is 4.75. The van der Waals surface area contributed by atoms with E-state index < -0.39 is 6.10 Å². The molecule has 1 aromatic rings. The van der Waals surface area contributed by atoms with Crippen molar-refractivity contribution in [2.45, 2.75) is 44.9 Å². The summed E-state index contributed by atoms with van der Waals surface area (Å²) in [7, 11) is 0. The molecule has 3 atom stereocenters. The Morgan fingerprint density at radius 1 is 1.31 bits per heavy atom. The highest BCUT2D eigenvalue weighted by molar-refractivity contribution is 5.74. The molecule has 0 saturated carbocycles. The lowest BCUT2D eigenvalue weighted by atomic mass is 10.0. The molecule has 1 aromatic carbocycles. The first kappa shape index (κ1) is 19.1. The van der Waals surface area contributed by atoms with Crippen LogP contribution in [0.3, 0.4) is 0 Å². The number of nitrogens with zero attached hydrogens (tertiary/aromatic N) is 1. The van der Waals surface area contributed by atoms with Crippen LogP contribution in [0.15, 0.2) is 24.3 Å². The van der Waals surface area contributed by atoms with Crippen molar-refractivity contribution in [2.24, 2.45) is 5.92 Å². The van der Waals surface area contributed by atoms with Crippen LogP contribution >= 0.6 is 0 Å². The lowest BCUT2D eigenvalue weighted by Crippen LogP contribution is -2.51. The summed E-state index contributed by atoms with van der Waals surface area (Å²) in [5.74, 6) is 0.566. The Morgan fingerprint density at radius 2 is 2.04 bits per heavy atom. The topological polar surface area (TPSA) is 73.8 Å². The van der Waals surface area contributed by atoms with E-state index in [9.17, 15) is 9.90 Å². The molecule has 2 aliphatic rings. The Hall–Kier alpha value is -1.63. The Labute approximate surface area is 155 Å². The first-order valence-electron chi connectivity index (χ1n) is 9.66. The second kappa shape index (κ2) is 8.84. The van der Waals surface area contributed by atoms with E-state index in [0.717, 1.165) is 43.9 Å². The predicted octanol–water partition coefficient (Wildman–Crippen LogP) is 1.69. The molecule has 1 fully saturated rings. The third-order valence-electron chi connectivity index (χ3n) is 5.29. The number of aliphatic hydroxyl groups is 1. The number of hydrogen-bond acceptors (Lipinski definition) is 4. The van der Waals surface area contributed by atoms with E-state index in [4.69, 9.17) is 4.74 Å². The largest absolute Gasteiger partial charge is 0.390 e. The van der Waals surface area contributed by atoms with Crippen LogP contribution in [0.1, 0.15) is 37.4 Å². The van der Waals surface area contributed by atoms with Gasteiger partial charge in [-0.2, -0.15) is 0 Å². The van der Waals surface area contributed by atoms with Gasteiger partial charge in [-0.1, -0.05) is 38.1 Å². The fourth-order valence-corrected chi connectivity index (χ4v) is 4.00.